The second kappa shape index (κ2) is 4.62. The highest BCUT2D eigenvalue weighted by Gasteiger charge is 2.51. The van der Waals surface area contributed by atoms with Gasteiger partial charge in [0.05, 0.1) is 6.04 Å². The van der Waals surface area contributed by atoms with Crippen molar-refractivity contribution in [3.05, 3.63) is 30.3 Å². The van der Waals surface area contributed by atoms with E-state index in [2.05, 4.69) is 10.2 Å². The lowest BCUT2D eigenvalue weighted by atomic mass is 9.84. The summed E-state index contributed by atoms with van der Waals surface area (Å²) < 4.78 is 0. The molecule has 1 saturated heterocycles. The number of rotatable bonds is 4. The molecule has 1 aromatic carbocycles. The summed E-state index contributed by atoms with van der Waals surface area (Å²) in [6, 6.07) is 9.46. The van der Waals surface area contributed by atoms with Crippen LogP contribution in [0.1, 0.15) is 19.8 Å². The van der Waals surface area contributed by atoms with Crippen molar-refractivity contribution in [2.24, 2.45) is 11.7 Å². The van der Waals surface area contributed by atoms with Crippen LogP contribution in [0.4, 0.5) is 5.69 Å². The van der Waals surface area contributed by atoms with Gasteiger partial charge in [0.2, 0.25) is 5.91 Å². The Balaban J connectivity index is 1.53. The van der Waals surface area contributed by atoms with E-state index in [4.69, 9.17) is 5.73 Å². The lowest BCUT2D eigenvalue weighted by Crippen LogP contribution is -2.71. The maximum Gasteiger partial charge on any atom is 0.241 e. The van der Waals surface area contributed by atoms with E-state index in [-0.39, 0.29) is 17.5 Å². The molecule has 2 aliphatic rings. The summed E-state index contributed by atoms with van der Waals surface area (Å²) in [4.78, 5) is 14.3. The Morgan fingerprint density at radius 2 is 2.00 bits per heavy atom. The van der Waals surface area contributed by atoms with Crippen molar-refractivity contribution < 1.29 is 4.79 Å². The molecule has 3 N–H and O–H groups in total. The van der Waals surface area contributed by atoms with Crippen LogP contribution in [0.2, 0.25) is 0 Å². The lowest BCUT2D eigenvalue weighted by molar-refractivity contribution is -0.124. The third-order valence-corrected chi connectivity index (χ3v) is 4.35. The van der Waals surface area contributed by atoms with Crippen LogP contribution < -0.4 is 11.1 Å². The number of para-hydroxylation sites is 1. The minimum atomic E-state index is -0.115. The van der Waals surface area contributed by atoms with E-state index < -0.39 is 0 Å². The van der Waals surface area contributed by atoms with E-state index in [1.54, 1.807) is 0 Å². The second-order valence-electron chi connectivity index (χ2n) is 5.94. The van der Waals surface area contributed by atoms with Crippen molar-refractivity contribution in [3.8, 4) is 0 Å². The van der Waals surface area contributed by atoms with E-state index in [9.17, 15) is 4.79 Å². The molecule has 0 aromatic heterocycles. The first-order valence-electron chi connectivity index (χ1n) is 6.97. The Kier molecular flexibility index (Phi) is 3.07. The van der Waals surface area contributed by atoms with Gasteiger partial charge in [0.1, 0.15) is 0 Å². The summed E-state index contributed by atoms with van der Waals surface area (Å²) >= 11 is 0. The van der Waals surface area contributed by atoms with Gasteiger partial charge in [-0.25, -0.2) is 0 Å². The fourth-order valence-corrected chi connectivity index (χ4v) is 2.83. The van der Waals surface area contributed by atoms with Crippen LogP contribution in [0.25, 0.3) is 0 Å². The maximum absolute atomic E-state index is 12.1. The number of likely N-dealkylation sites (tertiary alicyclic amines) is 1. The lowest BCUT2D eigenvalue weighted by Gasteiger charge is -2.50. The minimum absolute atomic E-state index is 0.0265. The fraction of sp³-hybridized carbons (Fsp3) is 0.533. The molecule has 0 bridgehead atoms. The zero-order valence-electron chi connectivity index (χ0n) is 11.3. The van der Waals surface area contributed by atoms with Crippen LogP contribution in [0.15, 0.2) is 30.3 Å². The highest BCUT2D eigenvalue weighted by Crippen LogP contribution is 2.43. The number of hydrogen-bond acceptors (Lipinski definition) is 3. The standard InChI is InChI=1S/C15H21N3O/c1-11(14(19)17-13-5-3-2-4-6-13)18-9-15(16,10-18)12-7-8-12/h2-6,11-12H,7-10,16H2,1H3,(H,17,19). The number of nitrogens with zero attached hydrogens (tertiary/aromatic N) is 1. The molecule has 0 radical (unpaired) electrons. The first-order chi connectivity index (χ1) is 9.08. The molecule has 2 fully saturated rings. The summed E-state index contributed by atoms with van der Waals surface area (Å²) in [5.74, 6) is 0.734. The van der Waals surface area contributed by atoms with Crippen LogP contribution in [0.3, 0.4) is 0 Å². The normalized spacial score (nSPS) is 23.5. The van der Waals surface area contributed by atoms with Gasteiger partial charge in [0, 0.05) is 24.3 Å². The SMILES string of the molecule is CC(C(=O)Nc1ccccc1)N1CC(N)(C2CC2)C1. The minimum Gasteiger partial charge on any atom is -0.325 e. The first-order valence-corrected chi connectivity index (χ1v) is 6.97. The predicted molar refractivity (Wildman–Crippen MR) is 75.7 cm³/mol. The van der Waals surface area contributed by atoms with Crippen molar-refractivity contribution in [1.29, 1.82) is 0 Å². The van der Waals surface area contributed by atoms with Gasteiger partial charge in [0.15, 0.2) is 0 Å². The number of benzene rings is 1. The molecule has 1 aromatic rings. The van der Waals surface area contributed by atoms with Gasteiger partial charge in [-0.3, -0.25) is 9.69 Å². The molecule has 1 saturated carbocycles. The van der Waals surface area contributed by atoms with E-state index in [0.29, 0.717) is 5.92 Å². The summed E-state index contributed by atoms with van der Waals surface area (Å²) in [7, 11) is 0. The number of anilines is 1. The highest BCUT2D eigenvalue weighted by atomic mass is 16.2. The quantitative estimate of drug-likeness (QED) is 0.860. The molecule has 1 atom stereocenters. The molecule has 102 valence electrons. The van der Waals surface area contributed by atoms with Gasteiger partial charge < -0.3 is 11.1 Å². The van der Waals surface area contributed by atoms with Gasteiger partial charge >= 0.3 is 0 Å². The second-order valence-corrected chi connectivity index (χ2v) is 5.94. The molecule has 1 amide bonds. The van der Waals surface area contributed by atoms with E-state index >= 15 is 0 Å². The zero-order valence-corrected chi connectivity index (χ0v) is 11.3. The van der Waals surface area contributed by atoms with E-state index in [0.717, 1.165) is 18.8 Å². The van der Waals surface area contributed by atoms with Crippen LogP contribution >= 0.6 is 0 Å². The molecule has 0 spiro atoms. The Labute approximate surface area is 114 Å². The number of carbonyl (C=O) groups excluding carboxylic acids is 1. The van der Waals surface area contributed by atoms with Gasteiger partial charge in [-0.05, 0) is 37.8 Å². The summed E-state index contributed by atoms with van der Waals surface area (Å²) in [5.41, 5.74) is 7.14. The van der Waals surface area contributed by atoms with Crippen LogP contribution in [-0.2, 0) is 4.79 Å². The Hall–Kier alpha value is -1.39. The van der Waals surface area contributed by atoms with Crippen molar-refractivity contribution >= 4 is 11.6 Å². The number of nitrogens with two attached hydrogens (primary N) is 1. The predicted octanol–water partition coefficient (Wildman–Crippen LogP) is 1.44. The van der Waals surface area contributed by atoms with Crippen molar-refractivity contribution in [2.45, 2.75) is 31.3 Å². The molecule has 1 unspecified atom stereocenters. The largest absolute Gasteiger partial charge is 0.325 e. The first kappa shape index (κ1) is 12.6. The Bertz CT molecular complexity index is 464. The molecular weight excluding hydrogens is 238 g/mol. The Morgan fingerprint density at radius 3 is 2.58 bits per heavy atom. The monoisotopic (exact) mass is 259 g/mol. The summed E-state index contributed by atoms with van der Waals surface area (Å²) in [6.45, 7) is 3.65. The summed E-state index contributed by atoms with van der Waals surface area (Å²) in [5, 5.41) is 2.94. The van der Waals surface area contributed by atoms with E-state index in [1.165, 1.54) is 12.8 Å². The maximum atomic E-state index is 12.1. The Morgan fingerprint density at radius 1 is 1.37 bits per heavy atom. The average molecular weight is 259 g/mol. The van der Waals surface area contributed by atoms with Crippen LogP contribution in [0, 0.1) is 5.92 Å². The van der Waals surface area contributed by atoms with Crippen molar-refractivity contribution in [3.63, 3.8) is 0 Å². The van der Waals surface area contributed by atoms with Gasteiger partial charge in [-0.1, -0.05) is 18.2 Å². The molecule has 1 aliphatic carbocycles. The van der Waals surface area contributed by atoms with Gasteiger partial charge in [-0.2, -0.15) is 0 Å². The zero-order chi connectivity index (χ0) is 13.5. The molecule has 1 aliphatic heterocycles. The molecular formula is C15H21N3O. The smallest absolute Gasteiger partial charge is 0.241 e. The third-order valence-electron chi connectivity index (χ3n) is 4.35. The molecule has 1 heterocycles. The van der Waals surface area contributed by atoms with Gasteiger partial charge in [0.25, 0.3) is 0 Å². The van der Waals surface area contributed by atoms with Crippen molar-refractivity contribution in [1.82, 2.24) is 4.90 Å². The van der Waals surface area contributed by atoms with Gasteiger partial charge in [-0.15, -0.1) is 0 Å². The van der Waals surface area contributed by atoms with Crippen LogP contribution in [-0.4, -0.2) is 35.5 Å². The average Bonchev–Trinajstić information content (AvgIpc) is 3.20. The molecule has 3 rings (SSSR count). The highest BCUT2D eigenvalue weighted by molar-refractivity contribution is 5.94. The van der Waals surface area contributed by atoms with Crippen molar-refractivity contribution in [2.75, 3.05) is 18.4 Å². The molecule has 19 heavy (non-hydrogen) atoms. The number of amides is 1. The van der Waals surface area contributed by atoms with E-state index in [1.807, 2.05) is 37.3 Å². The number of carbonyl (C=O) groups is 1. The number of hydrogen-bond donors (Lipinski definition) is 2. The topological polar surface area (TPSA) is 58.4 Å². The van der Waals surface area contributed by atoms with Crippen LogP contribution in [0.5, 0.6) is 0 Å². The molecule has 4 heteroatoms. The fourth-order valence-electron chi connectivity index (χ4n) is 2.83. The number of nitrogens with one attached hydrogen (secondary N) is 1. The summed E-state index contributed by atoms with van der Waals surface area (Å²) in [6.07, 6.45) is 2.52. The third kappa shape index (κ3) is 2.51. The molecule has 4 nitrogen and oxygen atoms in total.